The van der Waals surface area contributed by atoms with Crippen LogP contribution in [-0.4, -0.2) is 51.6 Å². The molecule has 2 rings (SSSR count). The summed E-state index contributed by atoms with van der Waals surface area (Å²) in [5.41, 5.74) is 0. The zero-order valence-electron chi connectivity index (χ0n) is 11.3. The van der Waals surface area contributed by atoms with Crippen molar-refractivity contribution in [2.24, 2.45) is 5.92 Å². The number of urea groups is 1. The van der Waals surface area contributed by atoms with Gasteiger partial charge < -0.3 is 14.9 Å². The van der Waals surface area contributed by atoms with Gasteiger partial charge in [-0.3, -0.25) is 4.79 Å². The van der Waals surface area contributed by atoms with E-state index in [9.17, 15) is 14.7 Å². The highest BCUT2D eigenvalue weighted by molar-refractivity contribution is 5.79. The minimum absolute atomic E-state index is 0.0174. The van der Waals surface area contributed by atoms with E-state index in [1.54, 1.807) is 0 Å². The van der Waals surface area contributed by atoms with Crippen LogP contribution in [0.25, 0.3) is 0 Å². The lowest BCUT2D eigenvalue weighted by Crippen LogP contribution is -2.49. The number of carbonyl (C=O) groups excluding carboxylic acids is 1. The number of nitrogens with zero attached hydrogens (tertiary/aromatic N) is 2. The Bertz CT molecular complexity index is 356. The Morgan fingerprint density at radius 3 is 2.50 bits per heavy atom. The van der Waals surface area contributed by atoms with Crippen LogP contribution in [0.1, 0.15) is 40.0 Å². The maximum absolute atomic E-state index is 12.5. The molecule has 0 spiro atoms. The summed E-state index contributed by atoms with van der Waals surface area (Å²) in [6.45, 7) is 6.62. The molecule has 3 unspecified atom stereocenters. The maximum atomic E-state index is 12.5. The Morgan fingerprint density at radius 1 is 1.39 bits per heavy atom. The number of fused-ring (bicyclic) bond motifs is 2. The lowest BCUT2D eigenvalue weighted by atomic mass is 9.89. The molecule has 0 aromatic carbocycles. The molecule has 5 heteroatoms. The van der Waals surface area contributed by atoms with Gasteiger partial charge in [0.25, 0.3) is 0 Å². The number of amides is 2. The van der Waals surface area contributed by atoms with Gasteiger partial charge in [0.2, 0.25) is 0 Å². The van der Waals surface area contributed by atoms with E-state index in [4.69, 9.17) is 0 Å². The second kappa shape index (κ2) is 4.78. The van der Waals surface area contributed by atoms with Gasteiger partial charge in [0, 0.05) is 24.7 Å². The molecule has 18 heavy (non-hydrogen) atoms. The molecule has 2 saturated heterocycles. The summed E-state index contributed by atoms with van der Waals surface area (Å²) >= 11 is 0. The fraction of sp³-hybridized carbons (Fsp3) is 0.846. The molecule has 0 aromatic rings. The zero-order chi connectivity index (χ0) is 13.4. The number of hydrogen-bond acceptors (Lipinski definition) is 2. The first-order valence-corrected chi connectivity index (χ1v) is 6.79. The Balaban J connectivity index is 2.15. The summed E-state index contributed by atoms with van der Waals surface area (Å²) < 4.78 is 0. The van der Waals surface area contributed by atoms with Crippen LogP contribution in [0.3, 0.4) is 0 Å². The molecule has 2 bridgehead atoms. The Labute approximate surface area is 108 Å². The largest absolute Gasteiger partial charge is 0.481 e. The summed E-state index contributed by atoms with van der Waals surface area (Å²) in [5.74, 6) is -1.12. The van der Waals surface area contributed by atoms with Crippen molar-refractivity contribution in [3.63, 3.8) is 0 Å². The smallest absolute Gasteiger partial charge is 0.320 e. The predicted molar refractivity (Wildman–Crippen MR) is 67.3 cm³/mol. The minimum Gasteiger partial charge on any atom is -0.481 e. The van der Waals surface area contributed by atoms with E-state index in [0.717, 1.165) is 12.8 Å². The normalized spacial score (nSPS) is 30.0. The highest BCUT2D eigenvalue weighted by Crippen LogP contribution is 2.42. The van der Waals surface area contributed by atoms with E-state index in [1.165, 1.54) is 0 Å². The van der Waals surface area contributed by atoms with Crippen LogP contribution in [0.5, 0.6) is 0 Å². The minimum atomic E-state index is -0.757. The van der Waals surface area contributed by atoms with Gasteiger partial charge in [-0.2, -0.15) is 0 Å². The first-order valence-electron chi connectivity index (χ1n) is 6.79. The van der Waals surface area contributed by atoms with Crippen LogP contribution >= 0.6 is 0 Å². The number of rotatable bonds is 3. The van der Waals surface area contributed by atoms with Crippen molar-refractivity contribution in [1.29, 1.82) is 0 Å². The van der Waals surface area contributed by atoms with Crippen LogP contribution in [0.4, 0.5) is 4.79 Å². The van der Waals surface area contributed by atoms with Crippen molar-refractivity contribution in [2.75, 3.05) is 6.54 Å². The van der Waals surface area contributed by atoms with Crippen LogP contribution < -0.4 is 0 Å². The lowest BCUT2D eigenvalue weighted by Gasteiger charge is -2.33. The predicted octanol–water partition coefficient (Wildman–Crippen LogP) is 1.77. The van der Waals surface area contributed by atoms with Gasteiger partial charge in [-0.25, -0.2) is 4.79 Å². The summed E-state index contributed by atoms with van der Waals surface area (Å²) in [6.07, 6.45) is 2.42. The molecule has 5 nitrogen and oxygen atoms in total. The van der Waals surface area contributed by atoms with Gasteiger partial charge in [-0.15, -0.1) is 0 Å². The molecule has 2 heterocycles. The topological polar surface area (TPSA) is 60.9 Å². The van der Waals surface area contributed by atoms with Crippen molar-refractivity contribution in [2.45, 2.75) is 58.2 Å². The summed E-state index contributed by atoms with van der Waals surface area (Å²) in [4.78, 5) is 27.3. The van der Waals surface area contributed by atoms with E-state index in [2.05, 4.69) is 0 Å². The van der Waals surface area contributed by atoms with Crippen LogP contribution in [0.15, 0.2) is 0 Å². The third-order valence-corrected chi connectivity index (χ3v) is 4.28. The highest BCUT2D eigenvalue weighted by atomic mass is 16.4. The standard InChI is InChI=1S/C13H22N2O3/c1-4-14(8(2)3)13(18)15-9-5-6-11(15)10(7-9)12(16)17/h8-11H,4-7H2,1-3H3,(H,16,17). The van der Waals surface area contributed by atoms with Gasteiger partial charge in [0.15, 0.2) is 0 Å². The van der Waals surface area contributed by atoms with Gasteiger partial charge in [-0.1, -0.05) is 0 Å². The van der Waals surface area contributed by atoms with Gasteiger partial charge in [0.1, 0.15) is 0 Å². The molecule has 2 aliphatic rings. The zero-order valence-corrected chi connectivity index (χ0v) is 11.3. The molecule has 0 aliphatic carbocycles. The van der Waals surface area contributed by atoms with Crippen LogP contribution in [0.2, 0.25) is 0 Å². The fourth-order valence-electron chi connectivity index (χ4n) is 3.42. The second-order valence-corrected chi connectivity index (χ2v) is 5.55. The second-order valence-electron chi connectivity index (χ2n) is 5.55. The molecule has 2 aliphatic heterocycles. The molecular weight excluding hydrogens is 232 g/mol. The quantitative estimate of drug-likeness (QED) is 0.835. The third-order valence-electron chi connectivity index (χ3n) is 4.28. The Kier molecular flexibility index (Phi) is 3.50. The number of carbonyl (C=O) groups is 2. The van der Waals surface area contributed by atoms with E-state index >= 15 is 0 Å². The maximum Gasteiger partial charge on any atom is 0.320 e. The first kappa shape index (κ1) is 13.2. The van der Waals surface area contributed by atoms with Crippen molar-refractivity contribution in [1.82, 2.24) is 9.80 Å². The number of carboxylic acids is 1. The van der Waals surface area contributed by atoms with E-state index in [0.29, 0.717) is 13.0 Å². The Hall–Kier alpha value is -1.26. The average Bonchev–Trinajstić information content (AvgIpc) is 2.85. The molecule has 0 aromatic heterocycles. The van der Waals surface area contributed by atoms with Gasteiger partial charge >= 0.3 is 12.0 Å². The third kappa shape index (κ3) is 1.95. The molecule has 0 saturated carbocycles. The highest BCUT2D eigenvalue weighted by Gasteiger charge is 2.52. The molecular formula is C13H22N2O3. The molecule has 2 amide bonds. The average molecular weight is 254 g/mol. The molecule has 0 radical (unpaired) electrons. The van der Waals surface area contributed by atoms with E-state index in [1.807, 2.05) is 30.6 Å². The SMILES string of the molecule is CCN(C(=O)N1C2CCC1C(C(=O)O)C2)C(C)C. The summed E-state index contributed by atoms with van der Waals surface area (Å²) in [7, 11) is 0. The van der Waals surface area contributed by atoms with E-state index < -0.39 is 5.97 Å². The van der Waals surface area contributed by atoms with Crippen molar-refractivity contribution in [3.8, 4) is 0 Å². The van der Waals surface area contributed by atoms with E-state index in [-0.39, 0.29) is 30.1 Å². The van der Waals surface area contributed by atoms with Crippen molar-refractivity contribution >= 4 is 12.0 Å². The molecule has 1 N–H and O–H groups in total. The number of hydrogen-bond donors (Lipinski definition) is 1. The molecule has 102 valence electrons. The van der Waals surface area contributed by atoms with Crippen molar-refractivity contribution in [3.05, 3.63) is 0 Å². The number of carboxylic acid groups (broad SMARTS) is 1. The first-order chi connectivity index (χ1) is 8.47. The van der Waals surface area contributed by atoms with Crippen LogP contribution in [0, 0.1) is 5.92 Å². The monoisotopic (exact) mass is 254 g/mol. The van der Waals surface area contributed by atoms with Gasteiger partial charge in [0.05, 0.1) is 5.92 Å². The van der Waals surface area contributed by atoms with Gasteiger partial charge in [-0.05, 0) is 40.0 Å². The van der Waals surface area contributed by atoms with Crippen LogP contribution in [-0.2, 0) is 4.79 Å². The Morgan fingerprint density at radius 2 is 2.06 bits per heavy atom. The summed E-state index contributed by atoms with van der Waals surface area (Å²) in [6, 6.07) is 0.221. The summed E-state index contributed by atoms with van der Waals surface area (Å²) in [5, 5.41) is 9.19. The fourth-order valence-corrected chi connectivity index (χ4v) is 3.42. The lowest BCUT2D eigenvalue weighted by molar-refractivity contribution is -0.142. The molecule has 2 fully saturated rings. The number of aliphatic carboxylic acids is 1. The molecule has 3 atom stereocenters. The van der Waals surface area contributed by atoms with Crippen molar-refractivity contribution < 1.29 is 14.7 Å².